The lowest BCUT2D eigenvalue weighted by atomic mass is 9.72. The molecule has 1 aliphatic carbocycles. The maximum Gasteiger partial charge on any atom is 0.143 e. The number of allylic oxidation sites excluding steroid dienone is 5. The van der Waals surface area contributed by atoms with Crippen LogP contribution in [-0.2, 0) is 4.79 Å². The van der Waals surface area contributed by atoms with Gasteiger partial charge >= 0.3 is 0 Å². The van der Waals surface area contributed by atoms with E-state index in [1.807, 2.05) is 18.2 Å². The number of hydrogen-bond donors (Lipinski definition) is 0. The molecule has 0 atom stereocenters. The summed E-state index contributed by atoms with van der Waals surface area (Å²) >= 11 is 0. The van der Waals surface area contributed by atoms with Gasteiger partial charge in [0.05, 0.1) is 0 Å². The Morgan fingerprint density at radius 1 is 1.05 bits per heavy atom. The second kappa shape index (κ2) is 6.04. The summed E-state index contributed by atoms with van der Waals surface area (Å²) < 4.78 is 0. The standard InChI is InChI=1S/C19H22O/c1-15-17(10-9-16-7-5-4-6-8-16)13-19(2,3)14-18(15)11-12-20/h4-12H,13-14H2,1-3H3/b10-9+,18-11+. The van der Waals surface area contributed by atoms with E-state index in [1.54, 1.807) is 6.08 Å². The molecule has 1 aromatic carbocycles. The first-order valence-corrected chi connectivity index (χ1v) is 7.09. The molecule has 2 rings (SSSR count). The molecule has 1 aromatic rings. The lowest BCUT2D eigenvalue weighted by molar-refractivity contribution is -0.104. The molecule has 1 aliphatic rings. The summed E-state index contributed by atoms with van der Waals surface area (Å²) in [7, 11) is 0. The van der Waals surface area contributed by atoms with Crippen LogP contribution in [0.3, 0.4) is 0 Å². The van der Waals surface area contributed by atoms with Gasteiger partial charge < -0.3 is 0 Å². The predicted octanol–water partition coefficient (Wildman–Crippen LogP) is 4.96. The summed E-state index contributed by atoms with van der Waals surface area (Å²) in [6.07, 6.45) is 8.99. The number of hydrogen-bond acceptors (Lipinski definition) is 1. The van der Waals surface area contributed by atoms with E-state index < -0.39 is 0 Å². The van der Waals surface area contributed by atoms with Crippen LogP contribution in [0.5, 0.6) is 0 Å². The molecule has 0 radical (unpaired) electrons. The molecule has 20 heavy (non-hydrogen) atoms. The van der Waals surface area contributed by atoms with Crippen LogP contribution in [0.15, 0.2) is 59.2 Å². The fraction of sp³-hybridized carbons (Fsp3) is 0.316. The van der Waals surface area contributed by atoms with Crippen molar-refractivity contribution in [3.63, 3.8) is 0 Å². The summed E-state index contributed by atoms with van der Waals surface area (Å²) in [6.45, 7) is 6.64. The number of rotatable bonds is 3. The molecule has 104 valence electrons. The molecule has 1 nitrogen and oxygen atoms in total. The van der Waals surface area contributed by atoms with E-state index >= 15 is 0 Å². The van der Waals surface area contributed by atoms with Crippen molar-refractivity contribution in [2.45, 2.75) is 33.6 Å². The minimum atomic E-state index is 0.213. The maximum absolute atomic E-state index is 10.8. The summed E-state index contributed by atoms with van der Waals surface area (Å²) in [6, 6.07) is 10.3. The summed E-state index contributed by atoms with van der Waals surface area (Å²) in [5, 5.41) is 0. The predicted molar refractivity (Wildman–Crippen MR) is 85.3 cm³/mol. The van der Waals surface area contributed by atoms with Gasteiger partial charge in [0.15, 0.2) is 0 Å². The fourth-order valence-corrected chi connectivity index (χ4v) is 2.78. The second-order valence-electron chi connectivity index (χ2n) is 6.24. The van der Waals surface area contributed by atoms with Crippen LogP contribution in [0.2, 0.25) is 0 Å². The largest absolute Gasteiger partial charge is 0.299 e. The molecule has 0 N–H and O–H groups in total. The molecule has 0 fully saturated rings. The zero-order valence-corrected chi connectivity index (χ0v) is 12.5. The molecule has 0 spiro atoms. The van der Waals surface area contributed by atoms with Crippen molar-refractivity contribution in [3.05, 3.63) is 64.8 Å². The molecule has 0 bridgehead atoms. The number of benzene rings is 1. The molecule has 0 saturated heterocycles. The van der Waals surface area contributed by atoms with Crippen LogP contribution in [-0.4, -0.2) is 6.29 Å². The normalized spacial score (nSPS) is 20.6. The average Bonchev–Trinajstić information content (AvgIpc) is 2.42. The molecule has 0 saturated carbocycles. The molecule has 0 unspecified atom stereocenters. The van der Waals surface area contributed by atoms with E-state index in [1.165, 1.54) is 22.3 Å². The Morgan fingerprint density at radius 2 is 1.75 bits per heavy atom. The van der Waals surface area contributed by atoms with E-state index in [4.69, 9.17) is 0 Å². The smallest absolute Gasteiger partial charge is 0.143 e. The molecular weight excluding hydrogens is 244 g/mol. The van der Waals surface area contributed by atoms with Gasteiger partial charge in [-0.3, -0.25) is 4.79 Å². The third-order valence-corrected chi connectivity index (χ3v) is 3.85. The van der Waals surface area contributed by atoms with Crippen LogP contribution in [0.25, 0.3) is 6.08 Å². The van der Waals surface area contributed by atoms with E-state index in [0.29, 0.717) is 0 Å². The SMILES string of the molecule is CC1=C(/C=C/c2ccccc2)CC(C)(C)C/C1=C\C=O. The molecule has 0 aliphatic heterocycles. The molecule has 0 heterocycles. The van der Waals surface area contributed by atoms with Crippen molar-refractivity contribution in [1.29, 1.82) is 0 Å². The topological polar surface area (TPSA) is 17.1 Å². The Labute approximate surface area is 121 Å². The Balaban J connectivity index is 2.33. The van der Waals surface area contributed by atoms with Crippen LogP contribution in [0.4, 0.5) is 0 Å². The van der Waals surface area contributed by atoms with Gasteiger partial charge in [-0.05, 0) is 53.5 Å². The third kappa shape index (κ3) is 3.57. The van der Waals surface area contributed by atoms with Gasteiger partial charge in [-0.15, -0.1) is 0 Å². The van der Waals surface area contributed by atoms with Crippen LogP contribution < -0.4 is 0 Å². The van der Waals surface area contributed by atoms with Gasteiger partial charge in [0, 0.05) is 0 Å². The zero-order chi connectivity index (χ0) is 14.6. The van der Waals surface area contributed by atoms with Crippen molar-refractivity contribution in [3.8, 4) is 0 Å². The highest BCUT2D eigenvalue weighted by atomic mass is 16.1. The number of carbonyl (C=O) groups is 1. The monoisotopic (exact) mass is 266 g/mol. The van der Waals surface area contributed by atoms with Crippen molar-refractivity contribution in [1.82, 2.24) is 0 Å². The maximum atomic E-state index is 10.8. The highest BCUT2D eigenvalue weighted by molar-refractivity contribution is 5.69. The first-order chi connectivity index (χ1) is 9.52. The van der Waals surface area contributed by atoms with E-state index in [2.05, 4.69) is 45.1 Å². The minimum absolute atomic E-state index is 0.213. The summed E-state index contributed by atoms with van der Waals surface area (Å²) in [5.74, 6) is 0. The van der Waals surface area contributed by atoms with Crippen LogP contribution >= 0.6 is 0 Å². The third-order valence-electron chi connectivity index (χ3n) is 3.85. The van der Waals surface area contributed by atoms with E-state index in [0.717, 1.165) is 19.1 Å². The fourth-order valence-electron chi connectivity index (χ4n) is 2.78. The molecule has 1 heteroatoms. The highest BCUT2D eigenvalue weighted by Crippen LogP contribution is 2.42. The minimum Gasteiger partial charge on any atom is -0.299 e. The second-order valence-corrected chi connectivity index (χ2v) is 6.24. The van der Waals surface area contributed by atoms with Gasteiger partial charge in [-0.25, -0.2) is 0 Å². The number of aldehydes is 1. The lowest BCUT2D eigenvalue weighted by Gasteiger charge is -2.33. The Hall–Kier alpha value is -1.89. The summed E-state index contributed by atoms with van der Waals surface area (Å²) in [4.78, 5) is 10.8. The van der Waals surface area contributed by atoms with Crippen molar-refractivity contribution < 1.29 is 4.79 Å². The van der Waals surface area contributed by atoms with Gasteiger partial charge in [0.2, 0.25) is 0 Å². The quantitative estimate of drug-likeness (QED) is 0.558. The van der Waals surface area contributed by atoms with Crippen LogP contribution in [0, 0.1) is 5.41 Å². The van der Waals surface area contributed by atoms with E-state index in [9.17, 15) is 4.79 Å². The molecule has 0 amide bonds. The van der Waals surface area contributed by atoms with E-state index in [-0.39, 0.29) is 5.41 Å². The van der Waals surface area contributed by atoms with Crippen molar-refractivity contribution in [2.24, 2.45) is 5.41 Å². The van der Waals surface area contributed by atoms with Gasteiger partial charge in [-0.1, -0.05) is 56.3 Å². The Morgan fingerprint density at radius 3 is 2.40 bits per heavy atom. The summed E-state index contributed by atoms with van der Waals surface area (Å²) in [5.41, 5.74) is 5.17. The lowest BCUT2D eigenvalue weighted by Crippen LogP contribution is -2.19. The molecular formula is C19H22O. The Kier molecular flexibility index (Phi) is 4.39. The van der Waals surface area contributed by atoms with Gasteiger partial charge in [0.25, 0.3) is 0 Å². The highest BCUT2D eigenvalue weighted by Gasteiger charge is 2.27. The van der Waals surface area contributed by atoms with Gasteiger partial charge in [-0.2, -0.15) is 0 Å². The zero-order valence-electron chi connectivity index (χ0n) is 12.5. The molecule has 0 aromatic heterocycles. The first-order valence-electron chi connectivity index (χ1n) is 7.09. The Bertz CT molecular complexity index is 571. The number of carbonyl (C=O) groups excluding carboxylic acids is 1. The average molecular weight is 266 g/mol. The van der Waals surface area contributed by atoms with Gasteiger partial charge in [0.1, 0.15) is 6.29 Å². The van der Waals surface area contributed by atoms with Crippen molar-refractivity contribution >= 4 is 12.4 Å². The first kappa shape index (κ1) is 14.5. The van der Waals surface area contributed by atoms with Crippen molar-refractivity contribution in [2.75, 3.05) is 0 Å². The van der Waals surface area contributed by atoms with Crippen LogP contribution in [0.1, 0.15) is 39.2 Å².